The van der Waals surface area contributed by atoms with Gasteiger partial charge in [0, 0.05) is 19.6 Å². The Morgan fingerprint density at radius 1 is 1.61 bits per heavy atom. The first kappa shape index (κ1) is 14.2. The number of hydrogen-bond donors (Lipinski definition) is 1. The molecule has 1 aliphatic rings. The Bertz CT molecular complexity index is 501. The van der Waals surface area contributed by atoms with Gasteiger partial charge in [0.2, 0.25) is 0 Å². The van der Waals surface area contributed by atoms with Crippen LogP contribution in [0.25, 0.3) is 0 Å². The van der Waals surface area contributed by atoms with Gasteiger partial charge in [-0.25, -0.2) is 8.42 Å². The van der Waals surface area contributed by atoms with Crippen LogP contribution in [0.15, 0.2) is 16.3 Å². The second kappa shape index (κ2) is 5.85. The van der Waals surface area contributed by atoms with Crippen molar-refractivity contribution < 1.29 is 13.2 Å². The number of ether oxygens (including phenoxy) is 1. The van der Waals surface area contributed by atoms with Crippen LogP contribution in [0.2, 0.25) is 4.34 Å². The highest BCUT2D eigenvalue weighted by Crippen LogP contribution is 2.28. The molecule has 0 aromatic carbocycles. The SMILES string of the molecule is CNCC1CN(S(=O)(=O)c2ccc(Cl)s2)CCO1. The van der Waals surface area contributed by atoms with Crippen LogP contribution in [0.5, 0.6) is 0 Å². The summed E-state index contributed by atoms with van der Waals surface area (Å²) in [5.74, 6) is 0. The molecule has 1 atom stereocenters. The fourth-order valence-electron chi connectivity index (χ4n) is 1.83. The van der Waals surface area contributed by atoms with Crippen LogP contribution in [0.1, 0.15) is 0 Å². The van der Waals surface area contributed by atoms with Crippen molar-refractivity contribution in [1.82, 2.24) is 9.62 Å². The molecule has 18 heavy (non-hydrogen) atoms. The predicted molar refractivity (Wildman–Crippen MR) is 71.8 cm³/mol. The topological polar surface area (TPSA) is 58.6 Å². The summed E-state index contributed by atoms with van der Waals surface area (Å²) in [6, 6.07) is 3.15. The summed E-state index contributed by atoms with van der Waals surface area (Å²) in [5.41, 5.74) is 0. The molecule has 1 fully saturated rings. The molecule has 8 heteroatoms. The average molecular weight is 311 g/mol. The van der Waals surface area contributed by atoms with Crippen molar-refractivity contribution in [1.29, 1.82) is 0 Å². The summed E-state index contributed by atoms with van der Waals surface area (Å²) in [6.45, 7) is 1.82. The standard InChI is InChI=1S/C10H15ClN2O3S2/c1-12-6-8-7-13(4-5-16-8)18(14,15)10-3-2-9(11)17-10/h2-3,8,12H,4-7H2,1H3. The van der Waals surface area contributed by atoms with Crippen LogP contribution < -0.4 is 5.32 Å². The summed E-state index contributed by atoms with van der Waals surface area (Å²) in [6.07, 6.45) is -0.103. The molecular weight excluding hydrogens is 296 g/mol. The zero-order valence-corrected chi connectivity index (χ0v) is 12.3. The zero-order valence-electron chi connectivity index (χ0n) is 9.93. The lowest BCUT2D eigenvalue weighted by Gasteiger charge is -2.31. The van der Waals surface area contributed by atoms with Crippen LogP contribution in [-0.4, -0.2) is 52.1 Å². The Morgan fingerprint density at radius 2 is 2.39 bits per heavy atom. The van der Waals surface area contributed by atoms with E-state index >= 15 is 0 Å². The van der Waals surface area contributed by atoms with Gasteiger partial charge in [-0.05, 0) is 19.2 Å². The Balaban J connectivity index is 2.15. The third kappa shape index (κ3) is 3.04. The van der Waals surface area contributed by atoms with Gasteiger partial charge in [-0.1, -0.05) is 11.6 Å². The lowest BCUT2D eigenvalue weighted by Crippen LogP contribution is -2.48. The van der Waals surface area contributed by atoms with Crippen LogP contribution in [-0.2, 0) is 14.8 Å². The van der Waals surface area contributed by atoms with Gasteiger partial charge >= 0.3 is 0 Å². The highest BCUT2D eigenvalue weighted by molar-refractivity contribution is 7.91. The summed E-state index contributed by atoms with van der Waals surface area (Å²) < 4.78 is 32.4. The van der Waals surface area contributed by atoms with E-state index in [-0.39, 0.29) is 10.3 Å². The highest BCUT2D eigenvalue weighted by atomic mass is 35.5. The molecular formula is C10H15ClN2O3S2. The summed E-state index contributed by atoms with van der Waals surface area (Å²) in [7, 11) is -1.62. The third-order valence-corrected chi connectivity index (χ3v) is 6.24. The Labute approximate surface area is 116 Å². The molecule has 0 aliphatic carbocycles. The van der Waals surface area contributed by atoms with Crippen molar-refractivity contribution in [3.8, 4) is 0 Å². The molecule has 0 bridgehead atoms. The number of thiophene rings is 1. The van der Waals surface area contributed by atoms with Gasteiger partial charge in [0.1, 0.15) is 4.21 Å². The van der Waals surface area contributed by atoms with Crippen molar-refractivity contribution in [3.63, 3.8) is 0 Å². The molecule has 1 unspecified atom stereocenters. The van der Waals surface area contributed by atoms with E-state index in [0.29, 0.717) is 30.6 Å². The molecule has 1 aromatic rings. The van der Waals surface area contributed by atoms with Crippen LogP contribution in [0.4, 0.5) is 0 Å². The first-order chi connectivity index (χ1) is 8.54. The van der Waals surface area contributed by atoms with Crippen LogP contribution in [0, 0.1) is 0 Å². The first-order valence-electron chi connectivity index (χ1n) is 5.55. The van der Waals surface area contributed by atoms with E-state index in [4.69, 9.17) is 16.3 Å². The lowest BCUT2D eigenvalue weighted by atomic mass is 10.3. The van der Waals surface area contributed by atoms with Gasteiger partial charge < -0.3 is 10.1 Å². The van der Waals surface area contributed by atoms with Crippen molar-refractivity contribution in [2.75, 3.05) is 33.3 Å². The normalized spacial score (nSPS) is 22.2. The minimum atomic E-state index is -3.43. The van der Waals surface area contributed by atoms with E-state index < -0.39 is 10.0 Å². The first-order valence-corrected chi connectivity index (χ1v) is 8.19. The van der Waals surface area contributed by atoms with Gasteiger partial charge in [0.05, 0.1) is 17.0 Å². The predicted octanol–water partition coefficient (Wildman–Crippen LogP) is 1.01. The molecule has 0 saturated carbocycles. The molecule has 0 radical (unpaired) electrons. The molecule has 2 heterocycles. The molecule has 0 spiro atoms. The molecule has 1 aliphatic heterocycles. The molecule has 1 N–H and O–H groups in total. The summed E-state index contributed by atoms with van der Waals surface area (Å²) in [5, 5.41) is 2.99. The molecule has 5 nitrogen and oxygen atoms in total. The number of nitrogens with one attached hydrogen (secondary N) is 1. The minimum absolute atomic E-state index is 0.103. The maximum absolute atomic E-state index is 12.4. The summed E-state index contributed by atoms with van der Waals surface area (Å²) in [4.78, 5) is 0. The Kier molecular flexibility index (Phi) is 4.63. The average Bonchev–Trinajstić information content (AvgIpc) is 2.77. The number of sulfonamides is 1. The molecule has 0 amide bonds. The smallest absolute Gasteiger partial charge is 0.252 e. The van der Waals surface area contributed by atoms with Crippen molar-refractivity contribution in [2.45, 2.75) is 10.3 Å². The van der Waals surface area contributed by atoms with Gasteiger partial charge in [-0.3, -0.25) is 0 Å². The Hall–Kier alpha value is -0.180. The maximum atomic E-state index is 12.4. The van der Waals surface area contributed by atoms with E-state index in [1.165, 1.54) is 4.31 Å². The minimum Gasteiger partial charge on any atom is -0.374 e. The van der Waals surface area contributed by atoms with E-state index in [1.54, 1.807) is 12.1 Å². The van der Waals surface area contributed by atoms with Gasteiger partial charge in [-0.2, -0.15) is 4.31 Å². The molecule has 2 rings (SSSR count). The van der Waals surface area contributed by atoms with E-state index in [1.807, 2.05) is 7.05 Å². The fraction of sp³-hybridized carbons (Fsp3) is 0.600. The van der Waals surface area contributed by atoms with Gasteiger partial charge in [-0.15, -0.1) is 11.3 Å². The van der Waals surface area contributed by atoms with Crippen molar-refractivity contribution in [3.05, 3.63) is 16.5 Å². The number of rotatable bonds is 4. The summed E-state index contributed by atoms with van der Waals surface area (Å²) >= 11 is 6.87. The fourth-order valence-corrected chi connectivity index (χ4v) is 4.92. The largest absolute Gasteiger partial charge is 0.374 e. The number of hydrogen-bond acceptors (Lipinski definition) is 5. The van der Waals surface area contributed by atoms with E-state index in [0.717, 1.165) is 11.3 Å². The Morgan fingerprint density at radius 3 is 3.00 bits per heavy atom. The molecule has 102 valence electrons. The van der Waals surface area contributed by atoms with E-state index in [2.05, 4.69) is 5.32 Å². The van der Waals surface area contributed by atoms with Crippen LogP contribution in [0.3, 0.4) is 0 Å². The number of nitrogens with zero attached hydrogens (tertiary/aromatic N) is 1. The zero-order chi connectivity index (χ0) is 13.2. The van der Waals surface area contributed by atoms with Crippen molar-refractivity contribution >= 4 is 33.0 Å². The van der Waals surface area contributed by atoms with Crippen molar-refractivity contribution in [2.24, 2.45) is 0 Å². The second-order valence-electron chi connectivity index (χ2n) is 3.97. The van der Waals surface area contributed by atoms with Crippen LogP contribution >= 0.6 is 22.9 Å². The van der Waals surface area contributed by atoms with Gasteiger partial charge in [0.15, 0.2) is 0 Å². The third-order valence-electron chi connectivity index (χ3n) is 2.68. The van der Waals surface area contributed by atoms with Gasteiger partial charge in [0.25, 0.3) is 10.0 Å². The highest BCUT2D eigenvalue weighted by Gasteiger charge is 2.31. The maximum Gasteiger partial charge on any atom is 0.252 e. The molecule has 1 aromatic heterocycles. The lowest BCUT2D eigenvalue weighted by molar-refractivity contribution is 0.000880. The quantitative estimate of drug-likeness (QED) is 0.902. The number of halogens is 1. The number of morpholine rings is 1. The monoisotopic (exact) mass is 310 g/mol. The van der Waals surface area contributed by atoms with E-state index in [9.17, 15) is 8.42 Å². The second-order valence-corrected chi connectivity index (χ2v) is 7.85. The molecule has 1 saturated heterocycles. The number of likely N-dealkylation sites (N-methyl/N-ethyl adjacent to an activating group) is 1.